The molecule has 0 saturated carbocycles. The fourth-order valence-electron chi connectivity index (χ4n) is 2.15. The van der Waals surface area contributed by atoms with Gasteiger partial charge in [0.2, 0.25) is 0 Å². The fourth-order valence-corrected chi connectivity index (χ4v) is 2.15. The van der Waals surface area contributed by atoms with Crippen molar-refractivity contribution in [3.8, 4) is 0 Å². The second-order valence-corrected chi connectivity index (χ2v) is 4.55. The Kier molecular flexibility index (Phi) is 4.66. The minimum atomic E-state index is -0.358. The number of nitrogens with one attached hydrogen (secondary N) is 1. The molecule has 1 N–H and O–H groups in total. The van der Waals surface area contributed by atoms with Crippen LogP contribution < -0.4 is 5.32 Å². The smallest absolute Gasteiger partial charge is 0.269 e. The van der Waals surface area contributed by atoms with Crippen molar-refractivity contribution in [2.45, 2.75) is 31.8 Å². The van der Waals surface area contributed by atoms with Gasteiger partial charge in [-0.1, -0.05) is 12.1 Å². The zero-order valence-electron chi connectivity index (χ0n) is 10.3. The van der Waals surface area contributed by atoms with Crippen LogP contribution in [0.2, 0.25) is 0 Å². The van der Waals surface area contributed by atoms with E-state index >= 15 is 0 Å². The van der Waals surface area contributed by atoms with Gasteiger partial charge in [-0.3, -0.25) is 10.1 Å². The Labute approximate surface area is 106 Å². The number of nitro groups is 1. The maximum atomic E-state index is 10.7. The largest absolute Gasteiger partial charge is 0.381 e. The molecule has 0 aliphatic carbocycles. The summed E-state index contributed by atoms with van der Waals surface area (Å²) < 4.78 is 5.40. The van der Waals surface area contributed by atoms with Gasteiger partial charge in [-0.25, -0.2) is 0 Å². The van der Waals surface area contributed by atoms with E-state index in [1.54, 1.807) is 12.1 Å². The van der Waals surface area contributed by atoms with E-state index in [0.29, 0.717) is 12.6 Å². The third-order valence-corrected chi connectivity index (χ3v) is 3.17. The van der Waals surface area contributed by atoms with Gasteiger partial charge in [0.05, 0.1) is 4.92 Å². The molecular formula is C13H18N2O3. The van der Waals surface area contributed by atoms with Gasteiger partial charge in [-0.05, 0) is 24.8 Å². The van der Waals surface area contributed by atoms with E-state index in [2.05, 4.69) is 5.32 Å². The molecule has 1 aromatic carbocycles. The highest BCUT2D eigenvalue weighted by Gasteiger charge is 2.12. The van der Waals surface area contributed by atoms with Gasteiger partial charge in [0.25, 0.3) is 5.69 Å². The minimum Gasteiger partial charge on any atom is -0.381 e. The van der Waals surface area contributed by atoms with Crippen molar-refractivity contribution >= 4 is 5.69 Å². The van der Waals surface area contributed by atoms with Crippen molar-refractivity contribution in [1.82, 2.24) is 5.32 Å². The van der Waals surface area contributed by atoms with E-state index in [1.807, 2.05) is 6.07 Å². The first kappa shape index (κ1) is 13.0. The van der Waals surface area contributed by atoms with Crippen LogP contribution in [0.3, 0.4) is 0 Å². The summed E-state index contributed by atoms with van der Waals surface area (Å²) in [5.74, 6) is 0. The molecule has 1 aliphatic heterocycles. The molecule has 1 heterocycles. The molecule has 1 saturated heterocycles. The zero-order valence-corrected chi connectivity index (χ0v) is 10.3. The Morgan fingerprint density at radius 3 is 3.11 bits per heavy atom. The van der Waals surface area contributed by atoms with Gasteiger partial charge in [-0.2, -0.15) is 0 Å². The first-order chi connectivity index (χ1) is 8.75. The summed E-state index contributed by atoms with van der Waals surface area (Å²) in [6, 6.07) is 7.23. The number of nitro benzene ring substituents is 1. The van der Waals surface area contributed by atoms with Crippen molar-refractivity contribution < 1.29 is 9.66 Å². The normalized spacial score (nSPS) is 20.3. The molecule has 98 valence electrons. The lowest BCUT2D eigenvalue weighted by atomic mass is 10.1. The summed E-state index contributed by atoms with van der Waals surface area (Å²) in [4.78, 5) is 10.3. The van der Waals surface area contributed by atoms with Crippen molar-refractivity contribution in [2.24, 2.45) is 0 Å². The van der Waals surface area contributed by atoms with E-state index in [-0.39, 0.29) is 10.6 Å². The molecular weight excluding hydrogens is 232 g/mol. The Hall–Kier alpha value is -1.46. The molecule has 2 rings (SSSR count). The van der Waals surface area contributed by atoms with Crippen LogP contribution in [-0.2, 0) is 11.3 Å². The molecule has 5 heteroatoms. The average Bonchev–Trinajstić information content (AvgIpc) is 2.65. The Balaban J connectivity index is 1.88. The topological polar surface area (TPSA) is 64.4 Å². The van der Waals surface area contributed by atoms with Gasteiger partial charge in [0.15, 0.2) is 0 Å². The number of nitrogens with zero attached hydrogens (tertiary/aromatic N) is 1. The lowest BCUT2D eigenvalue weighted by Gasteiger charge is -2.15. The zero-order chi connectivity index (χ0) is 12.8. The molecule has 1 atom stereocenters. The van der Waals surface area contributed by atoms with Gasteiger partial charge < -0.3 is 10.1 Å². The van der Waals surface area contributed by atoms with Crippen molar-refractivity contribution in [1.29, 1.82) is 0 Å². The predicted molar refractivity (Wildman–Crippen MR) is 68.4 cm³/mol. The Morgan fingerprint density at radius 1 is 1.39 bits per heavy atom. The lowest BCUT2D eigenvalue weighted by molar-refractivity contribution is -0.384. The molecule has 18 heavy (non-hydrogen) atoms. The molecule has 1 fully saturated rings. The predicted octanol–water partition coefficient (Wildman–Crippen LogP) is 2.25. The van der Waals surface area contributed by atoms with Crippen molar-refractivity contribution in [3.63, 3.8) is 0 Å². The van der Waals surface area contributed by atoms with Gasteiger partial charge in [-0.15, -0.1) is 0 Å². The first-order valence-electron chi connectivity index (χ1n) is 6.30. The summed E-state index contributed by atoms with van der Waals surface area (Å²) in [5, 5.41) is 14.1. The van der Waals surface area contributed by atoms with Crippen LogP contribution in [0.25, 0.3) is 0 Å². The minimum absolute atomic E-state index is 0.151. The average molecular weight is 250 g/mol. The maximum absolute atomic E-state index is 10.7. The number of non-ortho nitro benzene ring substituents is 1. The molecule has 0 aromatic heterocycles. The summed E-state index contributed by atoms with van der Waals surface area (Å²) in [6.07, 6.45) is 3.19. The van der Waals surface area contributed by atoms with Crippen molar-refractivity contribution in [3.05, 3.63) is 39.9 Å². The summed E-state index contributed by atoms with van der Waals surface area (Å²) in [5.41, 5.74) is 1.10. The summed E-state index contributed by atoms with van der Waals surface area (Å²) >= 11 is 0. The SMILES string of the molecule is O=[N+]([O-])c1cccc(CNC2CCCOCC2)c1. The van der Waals surface area contributed by atoms with Crippen LogP contribution in [-0.4, -0.2) is 24.2 Å². The number of rotatable bonds is 4. The van der Waals surface area contributed by atoms with E-state index in [1.165, 1.54) is 6.07 Å². The lowest BCUT2D eigenvalue weighted by Crippen LogP contribution is -2.28. The van der Waals surface area contributed by atoms with Crippen LogP contribution >= 0.6 is 0 Å². The van der Waals surface area contributed by atoms with Crippen LogP contribution in [0.5, 0.6) is 0 Å². The quantitative estimate of drug-likeness (QED) is 0.657. The highest BCUT2D eigenvalue weighted by Crippen LogP contribution is 2.14. The van der Waals surface area contributed by atoms with Gasteiger partial charge in [0.1, 0.15) is 0 Å². The standard InChI is InChI=1S/C13H18N2O3/c16-15(17)13-5-1-3-11(9-13)10-14-12-4-2-7-18-8-6-12/h1,3,5,9,12,14H,2,4,6-8,10H2. The first-order valence-corrected chi connectivity index (χ1v) is 6.30. The highest BCUT2D eigenvalue weighted by atomic mass is 16.6. The molecule has 0 radical (unpaired) electrons. The second-order valence-electron chi connectivity index (χ2n) is 4.55. The van der Waals surface area contributed by atoms with Crippen LogP contribution in [0, 0.1) is 10.1 Å². The molecule has 0 bridgehead atoms. The molecule has 1 aliphatic rings. The molecule has 5 nitrogen and oxygen atoms in total. The fraction of sp³-hybridized carbons (Fsp3) is 0.538. The molecule has 0 amide bonds. The molecule has 0 spiro atoms. The van der Waals surface area contributed by atoms with E-state index in [0.717, 1.165) is 38.0 Å². The number of ether oxygens (including phenoxy) is 1. The third-order valence-electron chi connectivity index (χ3n) is 3.17. The maximum Gasteiger partial charge on any atom is 0.269 e. The third kappa shape index (κ3) is 3.78. The van der Waals surface area contributed by atoms with Crippen LogP contribution in [0.15, 0.2) is 24.3 Å². The summed E-state index contributed by atoms with van der Waals surface area (Å²) in [6.45, 7) is 2.31. The monoisotopic (exact) mass is 250 g/mol. The number of hydrogen-bond donors (Lipinski definition) is 1. The van der Waals surface area contributed by atoms with Gasteiger partial charge >= 0.3 is 0 Å². The van der Waals surface area contributed by atoms with E-state index in [4.69, 9.17) is 4.74 Å². The Bertz CT molecular complexity index is 401. The Morgan fingerprint density at radius 2 is 2.28 bits per heavy atom. The number of hydrogen-bond acceptors (Lipinski definition) is 4. The van der Waals surface area contributed by atoms with Gasteiger partial charge in [0, 0.05) is 37.9 Å². The van der Waals surface area contributed by atoms with E-state index < -0.39 is 0 Å². The second kappa shape index (κ2) is 6.47. The molecule has 1 unspecified atom stereocenters. The van der Waals surface area contributed by atoms with Crippen LogP contribution in [0.1, 0.15) is 24.8 Å². The van der Waals surface area contributed by atoms with Crippen molar-refractivity contribution in [2.75, 3.05) is 13.2 Å². The highest BCUT2D eigenvalue weighted by molar-refractivity contribution is 5.34. The summed E-state index contributed by atoms with van der Waals surface area (Å²) in [7, 11) is 0. The molecule has 1 aromatic rings. The van der Waals surface area contributed by atoms with E-state index in [9.17, 15) is 10.1 Å². The number of benzene rings is 1. The van der Waals surface area contributed by atoms with Crippen LogP contribution in [0.4, 0.5) is 5.69 Å².